The molecule has 20 heteroatoms. The topological polar surface area (TPSA) is 235 Å². The molecule has 1 heterocycles. The molecule has 8 amide bonds. The molecule has 0 radical (unpaired) electrons. The van der Waals surface area contributed by atoms with E-state index in [0.29, 0.717) is 103 Å². The number of ether oxygens (including phenoxy) is 4. The van der Waals surface area contributed by atoms with Crippen molar-refractivity contribution in [3.05, 3.63) is 144 Å². The van der Waals surface area contributed by atoms with E-state index in [-0.39, 0.29) is 124 Å². The van der Waals surface area contributed by atoms with Crippen LogP contribution in [0.5, 0.6) is 0 Å². The molecule has 0 unspecified atom stereocenters. The molecule has 92 heavy (non-hydrogen) atoms. The second-order valence-electron chi connectivity index (χ2n) is 26.1. The Bertz CT molecular complexity index is 2650. The Hall–Kier alpha value is -7.52. The molecule has 5 aliphatic rings. The standard InChI is InChI=1S/C72H96N8O12/c1-77-57-33-17-29-53(37-57)65(81)74-62(46-90-42-50-23-11-6-12-24-50)70(86)79(3)59-35-19-31-55(39-59)67(83)76-64(48-92-44-52-27-15-8-16-28-52)72(88)80(4)60-36-20-32-56(40-60)68(84)75-63(47-91-43-51-25-13-7-14-26-51)71(87)78(2)58-34-18-30-54(38-58)66(82)73-61(69(77)85)45-89-41-49-21-9-5-10-22-49/h5-16,21-28,53-64H,17-20,29-48H2,1-4H3,(H,73,82)(H,74,81)(H,75,84)(H,76,83)/t53-,54-,55-,56-,57+,58+,59+,60+,61-,62-,63-,64-/m1/s1. The van der Waals surface area contributed by atoms with Gasteiger partial charge >= 0.3 is 0 Å². The number of likely N-dealkylation sites (N-methyl/N-ethyl adjacent to an activating group) is 4. The fourth-order valence-corrected chi connectivity index (χ4v) is 14.1. The fraction of sp³-hybridized carbons (Fsp3) is 0.556. The highest BCUT2D eigenvalue weighted by molar-refractivity contribution is 5.92. The van der Waals surface area contributed by atoms with Gasteiger partial charge in [0.25, 0.3) is 0 Å². The van der Waals surface area contributed by atoms with Gasteiger partial charge in [0.05, 0.1) is 52.9 Å². The molecular formula is C72H96N8O12. The van der Waals surface area contributed by atoms with E-state index < -0.39 is 47.8 Å². The third kappa shape index (κ3) is 19.3. The minimum atomic E-state index is -1.08. The van der Waals surface area contributed by atoms with Gasteiger partial charge in [-0.05, 0) is 99.3 Å². The molecule has 5 fully saturated rings. The number of nitrogens with zero attached hydrogens (tertiary/aromatic N) is 4. The first-order valence-electron chi connectivity index (χ1n) is 33.3. The number of carbonyl (C=O) groups is 8. The highest BCUT2D eigenvalue weighted by Crippen LogP contribution is 2.33. The zero-order valence-corrected chi connectivity index (χ0v) is 54.1. The maximum atomic E-state index is 14.9. The summed E-state index contributed by atoms with van der Waals surface area (Å²) >= 11 is 0. The second-order valence-corrected chi connectivity index (χ2v) is 26.1. The van der Waals surface area contributed by atoms with Crippen LogP contribution in [0.1, 0.15) is 125 Å². The molecule has 20 nitrogen and oxygen atoms in total. The number of carbonyl (C=O) groups excluding carboxylic acids is 8. The molecule has 8 bridgehead atoms. The summed E-state index contributed by atoms with van der Waals surface area (Å²) in [5.41, 5.74) is 3.59. The lowest BCUT2D eigenvalue weighted by Crippen LogP contribution is -2.57. The molecule has 1 saturated heterocycles. The van der Waals surface area contributed by atoms with E-state index in [9.17, 15) is 38.4 Å². The maximum absolute atomic E-state index is 14.9. The second kappa shape index (κ2) is 34.4. The Morgan fingerprint density at radius 1 is 0.304 bits per heavy atom. The smallest absolute Gasteiger partial charge is 0.247 e. The third-order valence-corrected chi connectivity index (χ3v) is 19.7. The summed E-state index contributed by atoms with van der Waals surface area (Å²) in [6.07, 6.45) is 8.25. The molecule has 12 atom stereocenters. The van der Waals surface area contributed by atoms with Gasteiger partial charge in [0.15, 0.2) is 0 Å². The van der Waals surface area contributed by atoms with Gasteiger partial charge < -0.3 is 59.8 Å². The fourth-order valence-electron chi connectivity index (χ4n) is 14.1. The van der Waals surface area contributed by atoms with Crippen molar-refractivity contribution >= 4 is 47.3 Å². The van der Waals surface area contributed by atoms with Gasteiger partial charge in [-0.25, -0.2) is 0 Å². The van der Waals surface area contributed by atoms with Crippen molar-refractivity contribution < 1.29 is 57.3 Å². The van der Waals surface area contributed by atoms with Crippen LogP contribution in [-0.2, 0) is 83.7 Å². The van der Waals surface area contributed by atoms with E-state index in [1.165, 1.54) is 0 Å². The average Bonchev–Trinajstić information content (AvgIpc) is 2.84. The summed E-state index contributed by atoms with van der Waals surface area (Å²) in [6.45, 7) is 0.322. The monoisotopic (exact) mass is 1260 g/mol. The van der Waals surface area contributed by atoms with Gasteiger partial charge in [-0.3, -0.25) is 38.4 Å². The molecule has 4 aromatic rings. The average molecular weight is 1270 g/mol. The van der Waals surface area contributed by atoms with Crippen LogP contribution in [0.4, 0.5) is 0 Å². The first kappa shape index (κ1) is 68.8. The van der Waals surface area contributed by atoms with Crippen LogP contribution in [0, 0.1) is 23.7 Å². The molecule has 9 rings (SSSR count). The summed E-state index contributed by atoms with van der Waals surface area (Å²) < 4.78 is 24.8. The van der Waals surface area contributed by atoms with Gasteiger partial charge in [0, 0.05) is 76.0 Å². The predicted molar refractivity (Wildman–Crippen MR) is 346 cm³/mol. The zero-order chi connectivity index (χ0) is 64.9. The van der Waals surface area contributed by atoms with E-state index in [1.54, 1.807) is 47.8 Å². The van der Waals surface area contributed by atoms with Crippen LogP contribution in [-0.4, -0.2) is 170 Å². The highest BCUT2D eigenvalue weighted by Gasteiger charge is 2.42. The highest BCUT2D eigenvalue weighted by atomic mass is 16.5. The van der Waals surface area contributed by atoms with Crippen molar-refractivity contribution in [2.75, 3.05) is 54.6 Å². The minimum absolute atomic E-state index is 0.120. The first-order chi connectivity index (χ1) is 44.6. The summed E-state index contributed by atoms with van der Waals surface area (Å²) in [4.78, 5) is 125. The Morgan fingerprint density at radius 3 is 0.696 bits per heavy atom. The number of fused-ring (bicyclic) bond motifs is 8. The SMILES string of the molecule is CN1C(=O)[C@@H](COCc2ccccc2)NC(=O)[C@@H]2CCC[C@@H](C2)N(C)C(=O)[C@@H](COCc2ccccc2)NC(=O)[C@@H]2CCC[C@@H](C2)N(C)C(=O)[C@@H](COCc2ccccc2)NC(=O)[C@@H]2CCC[C@@H](C2)N(C)C(=O)[C@@H](COCc2ccccc2)NC(=O)[C@@H]2CCC[C@H]1C2. The molecule has 4 N–H and O–H groups in total. The van der Waals surface area contributed by atoms with Crippen LogP contribution in [0.2, 0.25) is 0 Å². The Kier molecular flexibility index (Phi) is 25.7. The zero-order valence-electron chi connectivity index (χ0n) is 54.1. The van der Waals surface area contributed by atoms with Crippen LogP contribution in [0.15, 0.2) is 121 Å². The summed E-state index contributed by atoms with van der Waals surface area (Å²) in [5.74, 6) is -5.07. The van der Waals surface area contributed by atoms with Gasteiger partial charge in [-0.1, -0.05) is 147 Å². The minimum Gasteiger partial charge on any atom is -0.374 e. The Morgan fingerprint density at radius 2 is 0.500 bits per heavy atom. The van der Waals surface area contributed by atoms with E-state index >= 15 is 0 Å². The van der Waals surface area contributed by atoms with E-state index in [0.717, 1.165) is 22.3 Å². The predicted octanol–water partition coefficient (Wildman–Crippen LogP) is 6.88. The molecule has 4 aliphatic carbocycles. The van der Waals surface area contributed by atoms with E-state index in [4.69, 9.17) is 18.9 Å². The molecule has 496 valence electrons. The van der Waals surface area contributed by atoms with Gasteiger partial charge in [0.1, 0.15) is 24.2 Å². The molecule has 4 aromatic carbocycles. The maximum Gasteiger partial charge on any atom is 0.247 e. The van der Waals surface area contributed by atoms with Gasteiger partial charge in [0.2, 0.25) is 47.3 Å². The third-order valence-electron chi connectivity index (χ3n) is 19.7. The molecule has 0 aromatic heterocycles. The number of benzene rings is 4. The van der Waals surface area contributed by atoms with Crippen molar-refractivity contribution in [2.24, 2.45) is 23.7 Å². The lowest BCUT2D eigenvalue weighted by molar-refractivity contribution is -0.144. The first-order valence-corrected chi connectivity index (χ1v) is 33.3. The molecule has 1 aliphatic heterocycles. The molecule has 0 spiro atoms. The number of hydrogen-bond acceptors (Lipinski definition) is 12. The van der Waals surface area contributed by atoms with E-state index in [1.807, 2.05) is 121 Å². The van der Waals surface area contributed by atoms with Crippen LogP contribution < -0.4 is 21.3 Å². The van der Waals surface area contributed by atoms with Gasteiger partial charge in [-0.15, -0.1) is 0 Å². The normalized spacial score (nSPS) is 28.0. The lowest BCUT2D eigenvalue weighted by Gasteiger charge is -2.39. The van der Waals surface area contributed by atoms with E-state index in [2.05, 4.69) is 21.3 Å². The molecular weight excluding hydrogens is 1170 g/mol. The van der Waals surface area contributed by atoms with Crippen molar-refractivity contribution in [2.45, 2.75) is 177 Å². The largest absolute Gasteiger partial charge is 0.374 e. The van der Waals surface area contributed by atoms with Crippen LogP contribution in [0.25, 0.3) is 0 Å². The van der Waals surface area contributed by atoms with Crippen molar-refractivity contribution in [3.8, 4) is 0 Å². The number of nitrogens with one attached hydrogen (secondary N) is 4. The summed E-state index contributed by atoms with van der Waals surface area (Å²) in [6, 6.07) is 32.4. The van der Waals surface area contributed by atoms with Crippen molar-refractivity contribution in [3.63, 3.8) is 0 Å². The number of amides is 8. The van der Waals surface area contributed by atoms with Crippen LogP contribution in [0.3, 0.4) is 0 Å². The summed E-state index contributed by atoms with van der Waals surface area (Å²) in [7, 11) is 6.80. The van der Waals surface area contributed by atoms with Crippen molar-refractivity contribution in [1.82, 2.24) is 40.9 Å². The molecule has 4 saturated carbocycles. The number of rotatable bonds is 16. The quantitative estimate of drug-likeness (QED) is 0.0900. The summed E-state index contributed by atoms with van der Waals surface area (Å²) in [5, 5.41) is 12.3. The van der Waals surface area contributed by atoms with Gasteiger partial charge in [-0.2, -0.15) is 0 Å². The lowest BCUT2D eigenvalue weighted by atomic mass is 9.83. The van der Waals surface area contributed by atoms with Crippen molar-refractivity contribution in [1.29, 1.82) is 0 Å². The Labute approximate surface area is 542 Å². The Balaban J connectivity index is 0.990. The number of hydrogen-bond donors (Lipinski definition) is 4. The van der Waals surface area contributed by atoms with Crippen LogP contribution >= 0.6 is 0 Å².